The summed E-state index contributed by atoms with van der Waals surface area (Å²) in [4.78, 5) is 4.68. The highest BCUT2D eigenvalue weighted by Gasteiger charge is 2.09. The van der Waals surface area contributed by atoms with Crippen molar-refractivity contribution in [2.24, 2.45) is 0 Å². The summed E-state index contributed by atoms with van der Waals surface area (Å²) in [6.45, 7) is -0.0279. The third-order valence-electron chi connectivity index (χ3n) is 3.58. The lowest BCUT2D eigenvalue weighted by Crippen LogP contribution is -2.23. The highest BCUT2D eigenvalue weighted by molar-refractivity contribution is 6.31. The Balaban J connectivity index is 2.08. The van der Waals surface area contributed by atoms with E-state index in [1.165, 1.54) is 0 Å². The zero-order chi connectivity index (χ0) is 16.2. The van der Waals surface area contributed by atoms with Gasteiger partial charge in [0.05, 0.1) is 23.9 Å². The summed E-state index contributed by atoms with van der Waals surface area (Å²) in [6.07, 6.45) is -0.814. The van der Waals surface area contributed by atoms with Crippen LogP contribution in [0.1, 0.15) is 0 Å². The summed E-state index contributed by atoms with van der Waals surface area (Å²) >= 11 is 6.09. The molecule has 0 saturated carbocycles. The Labute approximate surface area is 139 Å². The van der Waals surface area contributed by atoms with Gasteiger partial charge in [0, 0.05) is 28.2 Å². The summed E-state index contributed by atoms with van der Waals surface area (Å²) in [5.74, 6) is 0. The minimum absolute atomic E-state index is 0.256. The molecule has 4 nitrogen and oxygen atoms in total. The second-order valence-corrected chi connectivity index (χ2v) is 5.74. The van der Waals surface area contributed by atoms with Gasteiger partial charge in [-0.1, -0.05) is 41.9 Å². The Bertz CT molecular complexity index is 809. The Kier molecular flexibility index (Phi) is 4.76. The van der Waals surface area contributed by atoms with Gasteiger partial charge in [0.1, 0.15) is 0 Å². The number of aliphatic hydroxyl groups is 2. The van der Waals surface area contributed by atoms with Crippen molar-refractivity contribution >= 4 is 28.2 Å². The Hall–Kier alpha value is -2.14. The van der Waals surface area contributed by atoms with Crippen LogP contribution in [-0.4, -0.2) is 34.5 Å². The molecule has 3 rings (SSSR count). The van der Waals surface area contributed by atoms with Gasteiger partial charge in [0.2, 0.25) is 0 Å². The van der Waals surface area contributed by atoms with Crippen LogP contribution in [0.2, 0.25) is 5.02 Å². The van der Waals surface area contributed by atoms with Gasteiger partial charge in [-0.05, 0) is 24.3 Å². The predicted octanol–water partition coefficient (Wildman–Crippen LogP) is 3.32. The molecule has 0 aliphatic carbocycles. The highest BCUT2D eigenvalue weighted by Crippen LogP contribution is 2.29. The quantitative estimate of drug-likeness (QED) is 0.672. The van der Waals surface area contributed by atoms with Crippen molar-refractivity contribution in [3.63, 3.8) is 0 Å². The molecule has 1 aromatic heterocycles. The molecule has 0 spiro atoms. The summed E-state index contributed by atoms with van der Waals surface area (Å²) in [6, 6.07) is 17.3. The molecule has 0 unspecified atom stereocenters. The lowest BCUT2D eigenvalue weighted by molar-refractivity contribution is 0.105. The standard InChI is InChI=1S/C18H17ClN2O2/c19-13-6-7-15-17(20-10-14(23)11-22)9-16(21-18(15)8-13)12-4-2-1-3-5-12/h1-9,14,22-23H,10-11H2,(H,20,21)/t14-/m0/s1. The molecular weight excluding hydrogens is 312 g/mol. The molecule has 5 heteroatoms. The van der Waals surface area contributed by atoms with E-state index in [1.54, 1.807) is 6.07 Å². The van der Waals surface area contributed by atoms with E-state index in [4.69, 9.17) is 16.7 Å². The van der Waals surface area contributed by atoms with Crippen molar-refractivity contribution < 1.29 is 10.2 Å². The number of aliphatic hydroxyl groups excluding tert-OH is 2. The first-order chi connectivity index (χ1) is 11.2. The molecule has 0 saturated heterocycles. The van der Waals surface area contributed by atoms with Gasteiger partial charge in [-0.3, -0.25) is 0 Å². The van der Waals surface area contributed by atoms with E-state index >= 15 is 0 Å². The molecule has 1 atom stereocenters. The van der Waals surface area contributed by atoms with Crippen LogP contribution in [0.3, 0.4) is 0 Å². The fraction of sp³-hybridized carbons (Fsp3) is 0.167. The van der Waals surface area contributed by atoms with Crippen LogP contribution >= 0.6 is 11.6 Å². The number of aromatic nitrogens is 1. The van der Waals surface area contributed by atoms with E-state index in [1.807, 2.05) is 48.5 Å². The molecular formula is C18H17ClN2O2. The molecule has 1 heterocycles. The number of halogens is 1. The van der Waals surface area contributed by atoms with E-state index in [2.05, 4.69) is 10.3 Å². The molecule has 0 amide bonds. The zero-order valence-electron chi connectivity index (χ0n) is 12.4. The number of fused-ring (bicyclic) bond motifs is 1. The Morgan fingerprint density at radius 1 is 1.09 bits per heavy atom. The molecule has 0 fully saturated rings. The van der Waals surface area contributed by atoms with Gasteiger partial charge >= 0.3 is 0 Å². The molecule has 3 N–H and O–H groups in total. The fourth-order valence-corrected chi connectivity index (χ4v) is 2.56. The first kappa shape index (κ1) is 15.7. The molecule has 0 radical (unpaired) electrons. The molecule has 118 valence electrons. The molecule has 23 heavy (non-hydrogen) atoms. The van der Waals surface area contributed by atoms with E-state index in [9.17, 15) is 5.11 Å². The van der Waals surface area contributed by atoms with Crippen molar-refractivity contribution in [1.29, 1.82) is 0 Å². The molecule has 3 aromatic rings. The monoisotopic (exact) mass is 328 g/mol. The van der Waals surface area contributed by atoms with Crippen LogP contribution in [-0.2, 0) is 0 Å². The number of nitrogens with one attached hydrogen (secondary N) is 1. The van der Waals surface area contributed by atoms with Crippen LogP contribution in [0.4, 0.5) is 5.69 Å². The van der Waals surface area contributed by atoms with Gasteiger partial charge in [-0.2, -0.15) is 0 Å². The van der Waals surface area contributed by atoms with Crippen molar-refractivity contribution in [3.05, 3.63) is 59.6 Å². The third-order valence-corrected chi connectivity index (χ3v) is 3.82. The van der Waals surface area contributed by atoms with Gasteiger partial charge < -0.3 is 15.5 Å². The third kappa shape index (κ3) is 3.62. The smallest absolute Gasteiger partial charge is 0.0942 e. The maximum Gasteiger partial charge on any atom is 0.0942 e. The maximum absolute atomic E-state index is 9.57. The maximum atomic E-state index is 9.57. The molecule has 0 aliphatic heterocycles. The lowest BCUT2D eigenvalue weighted by atomic mass is 10.1. The molecule has 0 aliphatic rings. The number of rotatable bonds is 5. The van der Waals surface area contributed by atoms with Crippen LogP contribution in [0.25, 0.3) is 22.2 Å². The summed E-state index contributed by atoms with van der Waals surface area (Å²) in [5.41, 5.74) is 3.44. The van der Waals surface area contributed by atoms with E-state index in [0.29, 0.717) is 5.02 Å². The van der Waals surface area contributed by atoms with E-state index < -0.39 is 6.10 Å². The van der Waals surface area contributed by atoms with E-state index in [0.717, 1.165) is 27.8 Å². The largest absolute Gasteiger partial charge is 0.394 e. The summed E-state index contributed by atoms with van der Waals surface area (Å²) in [5, 5.41) is 23.3. The fourth-order valence-electron chi connectivity index (χ4n) is 2.40. The molecule has 2 aromatic carbocycles. The number of hydrogen-bond donors (Lipinski definition) is 3. The first-order valence-electron chi connectivity index (χ1n) is 7.36. The predicted molar refractivity (Wildman–Crippen MR) is 93.8 cm³/mol. The van der Waals surface area contributed by atoms with Crippen molar-refractivity contribution in [2.75, 3.05) is 18.5 Å². The first-order valence-corrected chi connectivity index (χ1v) is 7.73. The van der Waals surface area contributed by atoms with Gasteiger partial charge in [-0.25, -0.2) is 4.98 Å². The summed E-state index contributed by atoms with van der Waals surface area (Å²) in [7, 11) is 0. The van der Waals surface area contributed by atoms with Gasteiger partial charge in [0.25, 0.3) is 0 Å². The van der Waals surface area contributed by atoms with Crippen molar-refractivity contribution in [1.82, 2.24) is 4.98 Å². The van der Waals surface area contributed by atoms with Crippen LogP contribution in [0.15, 0.2) is 54.6 Å². The Morgan fingerprint density at radius 3 is 2.61 bits per heavy atom. The number of nitrogens with zero attached hydrogens (tertiary/aromatic N) is 1. The molecule has 0 bridgehead atoms. The van der Waals surface area contributed by atoms with Crippen molar-refractivity contribution in [2.45, 2.75) is 6.10 Å². The number of pyridine rings is 1. The van der Waals surface area contributed by atoms with Crippen LogP contribution in [0, 0.1) is 0 Å². The summed E-state index contributed by atoms with van der Waals surface area (Å²) < 4.78 is 0. The van der Waals surface area contributed by atoms with Crippen LogP contribution < -0.4 is 5.32 Å². The SMILES string of the molecule is OC[C@@H](O)CNc1cc(-c2ccccc2)nc2cc(Cl)ccc12. The Morgan fingerprint density at radius 2 is 1.87 bits per heavy atom. The van der Waals surface area contributed by atoms with E-state index in [-0.39, 0.29) is 13.2 Å². The average Bonchev–Trinajstić information content (AvgIpc) is 2.59. The normalized spacial score (nSPS) is 12.3. The lowest BCUT2D eigenvalue weighted by Gasteiger charge is -2.14. The number of benzene rings is 2. The van der Waals surface area contributed by atoms with Crippen molar-refractivity contribution in [3.8, 4) is 11.3 Å². The average molecular weight is 329 g/mol. The number of anilines is 1. The highest BCUT2D eigenvalue weighted by atomic mass is 35.5. The van der Waals surface area contributed by atoms with Gasteiger partial charge in [-0.15, -0.1) is 0 Å². The van der Waals surface area contributed by atoms with Crippen LogP contribution in [0.5, 0.6) is 0 Å². The zero-order valence-corrected chi connectivity index (χ0v) is 13.2. The second kappa shape index (κ2) is 6.96. The minimum atomic E-state index is -0.814. The number of hydrogen-bond acceptors (Lipinski definition) is 4. The van der Waals surface area contributed by atoms with Gasteiger partial charge in [0.15, 0.2) is 0 Å². The minimum Gasteiger partial charge on any atom is -0.394 e. The topological polar surface area (TPSA) is 65.4 Å². The second-order valence-electron chi connectivity index (χ2n) is 5.30.